The van der Waals surface area contributed by atoms with Gasteiger partial charge in [0, 0.05) is 12.2 Å². The molecule has 0 saturated heterocycles. The van der Waals surface area contributed by atoms with E-state index in [0.29, 0.717) is 6.61 Å². The summed E-state index contributed by atoms with van der Waals surface area (Å²) < 4.78 is 9.69. The second-order valence-corrected chi connectivity index (χ2v) is 4.43. The van der Waals surface area contributed by atoms with E-state index in [9.17, 15) is 9.59 Å². The average molecular weight is 230 g/mol. The molecule has 0 saturated carbocycles. The zero-order valence-corrected chi connectivity index (χ0v) is 10.7. The highest BCUT2D eigenvalue weighted by atomic mass is 28.2. The second-order valence-electron chi connectivity index (χ2n) is 3.02. The average Bonchev–Trinajstić information content (AvgIpc) is 2.24. The number of hydrogen-bond acceptors (Lipinski definition) is 4. The maximum Gasteiger partial charge on any atom is 0.331 e. The van der Waals surface area contributed by atoms with E-state index in [-0.39, 0.29) is 0 Å². The Morgan fingerprint density at radius 3 is 2.40 bits per heavy atom. The third-order valence-corrected chi connectivity index (χ3v) is 3.03. The van der Waals surface area contributed by atoms with Gasteiger partial charge in [-0.05, 0) is 12.5 Å². The monoisotopic (exact) mass is 230 g/mol. The van der Waals surface area contributed by atoms with E-state index in [1.165, 1.54) is 0 Å². The molecule has 0 spiro atoms. The van der Waals surface area contributed by atoms with Gasteiger partial charge in [0.15, 0.2) is 0 Å². The lowest BCUT2D eigenvalue weighted by Gasteiger charge is -1.99. The third-order valence-electron chi connectivity index (χ3n) is 1.55. The van der Waals surface area contributed by atoms with Crippen molar-refractivity contribution in [2.24, 2.45) is 0 Å². The van der Waals surface area contributed by atoms with Crippen LogP contribution < -0.4 is 0 Å². The number of rotatable bonds is 7. The van der Waals surface area contributed by atoms with Gasteiger partial charge in [-0.1, -0.05) is 20.3 Å². The largest absolute Gasteiger partial charge is 0.522 e. The molecule has 0 radical (unpaired) electrons. The summed E-state index contributed by atoms with van der Waals surface area (Å²) in [5, 5.41) is 0. The number of esters is 1. The zero-order chi connectivity index (χ0) is 11.5. The molecule has 0 aromatic heterocycles. The lowest BCUT2D eigenvalue weighted by molar-refractivity contribution is -0.138. The summed E-state index contributed by atoms with van der Waals surface area (Å²) in [5.74, 6) is -0.936. The van der Waals surface area contributed by atoms with E-state index in [4.69, 9.17) is 9.16 Å². The van der Waals surface area contributed by atoms with Crippen LogP contribution in [0.25, 0.3) is 0 Å². The zero-order valence-electron chi connectivity index (χ0n) is 9.32. The van der Waals surface area contributed by atoms with Crippen molar-refractivity contribution in [3.63, 3.8) is 0 Å². The molecule has 86 valence electrons. The van der Waals surface area contributed by atoms with E-state index in [2.05, 4.69) is 0 Å². The molecule has 0 unspecified atom stereocenters. The van der Waals surface area contributed by atoms with Crippen molar-refractivity contribution in [2.75, 3.05) is 6.61 Å². The topological polar surface area (TPSA) is 52.6 Å². The molecule has 0 aliphatic rings. The molecule has 0 aromatic rings. The lowest BCUT2D eigenvalue weighted by Crippen LogP contribution is -2.07. The number of hydrogen-bond donors (Lipinski definition) is 0. The van der Waals surface area contributed by atoms with E-state index < -0.39 is 21.7 Å². The van der Waals surface area contributed by atoms with Crippen LogP contribution in [0.1, 0.15) is 26.7 Å². The first kappa shape index (κ1) is 13.9. The molecule has 15 heavy (non-hydrogen) atoms. The predicted molar refractivity (Wildman–Crippen MR) is 60.1 cm³/mol. The van der Waals surface area contributed by atoms with Gasteiger partial charge in [-0.15, -0.1) is 0 Å². The van der Waals surface area contributed by atoms with Crippen molar-refractivity contribution in [1.82, 2.24) is 0 Å². The molecule has 0 aliphatic carbocycles. The smallest absolute Gasteiger partial charge is 0.331 e. The standard InChI is InChI=1S/C10H18O4Si/c1-3-7-13-9(11)5-6-10(12)14-15-8-4-2/h5-6H,3-4,7-8,15H2,1-2H3/b6-5+. The highest BCUT2D eigenvalue weighted by Gasteiger charge is 1.99. The number of carbonyl (C=O) groups excluding carboxylic acids is 2. The molecule has 0 fully saturated rings. The number of carbonyl (C=O) groups is 2. The van der Waals surface area contributed by atoms with Crippen molar-refractivity contribution in [2.45, 2.75) is 32.7 Å². The Balaban J connectivity index is 3.65. The Kier molecular flexibility index (Phi) is 8.76. The van der Waals surface area contributed by atoms with Crippen molar-refractivity contribution in [1.29, 1.82) is 0 Å². The molecular formula is C10H18O4Si. The summed E-state index contributed by atoms with van der Waals surface area (Å²) in [6.45, 7) is 4.32. The SMILES string of the molecule is CCCOC(=O)/C=C/C(=O)O[SiH2]CCC. The van der Waals surface area contributed by atoms with Crippen LogP contribution in [0.4, 0.5) is 0 Å². The highest BCUT2D eigenvalue weighted by Crippen LogP contribution is 1.90. The summed E-state index contributed by atoms with van der Waals surface area (Å²) in [5.41, 5.74) is 0. The Hall–Kier alpha value is -1.10. The van der Waals surface area contributed by atoms with Gasteiger partial charge in [0.05, 0.1) is 6.61 Å². The first-order chi connectivity index (χ1) is 7.20. The molecule has 0 rings (SSSR count). The van der Waals surface area contributed by atoms with Gasteiger partial charge >= 0.3 is 11.9 Å². The minimum atomic E-state index is -0.750. The summed E-state index contributed by atoms with van der Waals surface area (Å²) in [4.78, 5) is 21.9. The third kappa shape index (κ3) is 9.21. The molecule has 0 aromatic carbocycles. The van der Waals surface area contributed by atoms with Crippen LogP contribution >= 0.6 is 0 Å². The summed E-state index contributed by atoms with van der Waals surface area (Å²) in [6, 6.07) is 0.972. The Morgan fingerprint density at radius 2 is 1.80 bits per heavy atom. The van der Waals surface area contributed by atoms with Crippen molar-refractivity contribution < 1.29 is 18.8 Å². The fraction of sp³-hybridized carbons (Fsp3) is 0.600. The van der Waals surface area contributed by atoms with Gasteiger partial charge in [0.25, 0.3) is 0 Å². The minimum absolute atomic E-state index is 0.378. The van der Waals surface area contributed by atoms with Gasteiger partial charge in [-0.2, -0.15) is 0 Å². The van der Waals surface area contributed by atoms with Crippen molar-refractivity contribution in [3.05, 3.63) is 12.2 Å². The first-order valence-corrected chi connectivity index (χ1v) is 6.80. The maximum absolute atomic E-state index is 11.0. The Bertz CT molecular complexity index is 225. The van der Waals surface area contributed by atoms with Gasteiger partial charge in [0.2, 0.25) is 9.76 Å². The second kappa shape index (κ2) is 9.45. The maximum atomic E-state index is 11.0. The molecule has 0 amide bonds. The fourth-order valence-corrected chi connectivity index (χ4v) is 1.48. The molecule has 0 bridgehead atoms. The minimum Gasteiger partial charge on any atom is -0.522 e. The van der Waals surface area contributed by atoms with E-state index in [0.717, 1.165) is 31.0 Å². The normalized spacial score (nSPS) is 11.1. The summed E-state index contributed by atoms with van der Waals surface area (Å²) in [6.07, 6.45) is 4.04. The van der Waals surface area contributed by atoms with Gasteiger partial charge in [-0.3, -0.25) is 0 Å². The number of ether oxygens (including phenoxy) is 1. The van der Waals surface area contributed by atoms with Gasteiger partial charge in [-0.25, -0.2) is 9.59 Å². The van der Waals surface area contributed by atoms with Crippen LogP contribution in [0.15, 0.2) is 12.2 Å². The molecule has 0 N–H and O–H groups in total. The lowest BCUT2D eigenvalue weighted by atomic mass is 10.5. The Labute approximate surface area is 92.6 Å². The Morgan fingerprint density at radius 1 is 1.13 bits per heavy atom. The van der Waals surface area contributed by atoms with E-state index >= 15 is 0 Å². The van der Waals surface area contributed by atoms with E-state index in [1.54, 1.807) is 0 Å². The molecule has 0 aliphatic heterocycles. The summed E-state index contributed by atoms with van der Waals surface area (Å²) >= 11 is 0. The first-order valence-electron chi connectivity index (χ1n) is 5.22. The van der Waals surface area contributed by atoms with Crippen LogP contribution in [0.5, 0.6) is 0 Å². The van der Waals surface area contributed by atoms with Crippen LogP contribution in [0.3, 0.4) is 0 Å². The van der Waals surface area contributed by atoms with Crippen LogP contribution in [0.2, 0.25) is 6.04 Å². The molecule has 0 atom stereocenters. The van der Waals surface area contributed by atoms with Gasteiger partial charge < -0.3 is 9.16 Å². The van der Waals surface area contributed by atoms with Crippen LogP contribution in [-0.2, 0) is 18.8 Å². The fourth-order valence-electron chi connectivity index (χ4n) is 0.752. The molecule has 5 heteroatoms. The summed E-state index contributed by atoms with van der Waals surface area (Å²) in [7, 11) is -0.750. The molecule has 4 nitrogen and oxygen atoms in total. The van der Waals surface area contributed by atoms with Gasteiger partial charge in [0.1, 0.15) is 0 Å². The molecule has 0 heterocycles. The van der Waals surface area contributed by atoms with Crippen LogP contribution in [0, 0.1) is 0 Å². The highest BCUT2D eigenvalue weighted by molar-refractivity contribution is 6.31. The van der Waals surface area contributed by atoms with Crippen molar-refractivity contribution in [3.8, 4) is 0 Å². The van der Waals surface area contributed by atoms with Crippen molar-refractivity contribution >= 4 is 21.7 Å². The molecular weight excluding hydrogens is 212 g/mol. The quantitative estimate of drug-likeness (QED) is 0.283. The van der Waals surface area contributed by atoms with E-state index in [1.807, 2.05) is 13.8 Å². The predicted octanol–water partition coefficient (Wildman–Crippen LogP) is 0.951. The van der Waals surface area contributed by atoms with Crippen LogP contribution in [-0.4, -0.2) is 28.3 Å².